The van der Waals surface area contributed by atoms with Crippen LogP contribution in [-0.4, -0.2) is 32.5 Å². The molecular weight excluding hydrogens is 314 g/mol. The molecule has 1 atom stereocenters. The molecule has 128 valence electrons. The smallest absolute Gasteiger partial charge is 0.407 e. The van der Waals surface area contributed by atoms with Gasteiger partial charge in [-0.05, 0) is 22.3 Å². The minimum absolute atomic E-state index is 0.0478. The van der Waals surface area contributed by atoms with E-state index in [0.717, 1.165) is 0 Å². The van der Waals surface area contributed by atoms with Gasteiger partial charge in [0.25, 0.3) is 0 Å². The van der Waals surface area contributed by atoms with E-state index in [1.54, 1.807) is 7.11 Å². The molecule has 0 saturated carbocycles. The Hall–Kier alpha value is -2.77. The number of methoxy groups -OCH3 is 1. The van der Waals surface area contributed by atoms with Crippen LogP contribution in [0.3, 0.4) is 0 Å². The topological polar surface area (TPSA) is 47.6 Å². The molecule has 3 rings (SSSR count). The summed E-state index contributed by atoms with van der Waals surface area (Å²) in [4.78, 5) is 12.1. The van der Waals surface area contributed by atoms with Crippen molar-refractivity contribution in [2.24, 2.45) is 0 Å². The molecule has 1 aliphatic carbocycles. The number of fused-ring (bicyclic) bond motifs is 3. The Morgan fingerprint density at radius 1 is 1.16 bits per heavy atom. The molecule has 2 aromatic carbocycles. The highest BCUT2D eigenvalue weighted by Gasteiger charge is 2.29. The number of amides is 1. The Morgan fingerprint density at radius 2 is 1.76 bits per heavy atom. The van der Waals surface area contributed by atoms with E-state index in [4.69, 9.17) is 15.9 Å². The zero-order valence-corrected chi connectivity index (χ0v) is 14.2. The monoisotopic (exact) mass is 335 g/mol. The van der Waals surface area contributed by atoms with Crippen molar-refractivity contribution in [3.63, 3.8) is 0 Å². The van der Waals surface area contributed by atoms with Crippen molar-refractivity contribution in [3.8, 4) is 23.5 Å². The summed E-state index contributed by atoms with van der Waals surface area (Å²) in [5.74, 6) is 2.58. The van der Waals surface area contributed by atoms with Crippen molar-refractivity contribution in [1.82, 2.24) is 5.32 Å². The number of alkyl carbamates (subject to hydrolysis) is 1. The average Bonchev–Trinajstić information content (AvgIpc) is 2.94. The van der Waals surface area contributed by atoms with Crippen LogP contribution >= 0.6 is 0 Å². The highest BCUT2D eigenvalue weighted by Crippen LogP contribution is 2.44. The largest absolute Gasteiger partial charge is 0.449 e. The van der Waals surface area contributed by atoms with Gasteiger partial charge in [0.1, 0.15) is 6.61 Å². The lowest BCUT2D eigenvalue weighted by Gasteiger charge is -2.18. The van der Waals surface area contributed by atoms with Gasteiger partial charge < -0.3 is 14.8 Å². The first-order chi connectivity index (χ1) is 12.2. The third-order valence-corrected chi connectivity index (χ3v) is 4.40. The van der Waals surface area contributed by atoms with Crippen molar-refractivity contribution in [2.45, 2.75) is 18.4 Å². The fourth-order valence-corrected chi connectivity index (χ4v) is 3.30. The van der Waals surface area contributed by atoms with E-state index in [1.165, 1.54) is 22.3 Å². The maximum atomic E-state index is 12.1. The molecule has 0 heterocycles. The maximum absolute atomic E-state index is 12.1. The Bertz CT molecular complexity index is 748. The molecule has 4 nitrogen and oxygen atoms in total. The Kier molecular flexibility index (Phi) is 5.37. The molecule has 0 aliphatic heterocycles. The van der Waals surface area contributed by atoms with Crippen LogP contribution in [-0.2, 0) is 9.47 Å². The highest BCUT2D eigenvalue weighted by molar-refractivity contribution is 5.79. The Balaban J connectivity index is 1.69. The number of carbonyl (C=O) groups is 1. The molecule has 0 bridgehead atoms. The van der Waals surface area contributed by atoms with E-state index in [9.17, 15) is 4.79 Å². The molecule has 0 saturated heterocycles. The van der Waals surface area contributed by atoms with Gasteiger partial charge in [-0.1, -0.05) is 48.5 Å². The molecular formula is C21H21NO3. The molecule has 1 unspecified atom stereocenters. The number of nitrogens with one attached hydrogen (secondary N) is 1. The van der Waals surface area contributed by atoms with E-state index < -0.39 is 6.09 Å². The number of benzene rings is 2. The number of carbonyl (C=O) groups excluding carboxylic acids is 1. The number of hydrogen-bond acceptors (Lipinski definition) is 3. The summed E-state index contributed by atoms with van der Waals surface area (Å²) in [5, 5.41) is 2.76. The van der Waals surface area contributed by atoms with Gasteiger partial charge in [-0.25, -0.2) is 4.79 Å². The van der Waals surface area contributed by atoms with Gasteiger partial charge in [0.05, 0.1) is 12.6 Å². The van der Waals surface area contributed by atoms with E-state index in [-0.39, 0.29) is 18.6 Å². The van der Waals surface area contributed by atoms with Crippen molar-refractivity contribution in [2.75, 3.05) is 20.3 Å². The molecule has 1 N–H and O–H groups in total. The summed E-state index contributed by atoms with van der Waals surface area (Å²) in [6.07, 6.45) is 5.25. The molecule has 0 radical (unpaired) electrons. The van der Waals surface area contributed by atoms with Crippen molar-refractivity contribution >= 4 is 6.09 Å². The van der Waals surface area contributed by atoms with Gasteiger partial charge in [-0.2, -0.15) is 0 Å². The minimum atomic E-state index is -0.473. The summed E-state index contributed by atoms with van der Waals surface area (Å²) in [5.41, 5.74) is 4.79. The second kappa shape index (κ2) is 7.87. The highest BCUT2D eigenvalue weighted by atomic mass is 16.5. The Labute approximate surface area is 148 Å². The first-order valence-electron chi connectivity index (χ1n) is 8.28. The molecule has 25 heavy (non-hydrogen) atoms. The van der Waals surface area contributed by atoms with Crippen LogP contribution in [0.4, 0.5) is 4.79 Å². The molecule has 0 spiro atoms. The maximum Gasteiger partial charge on any atom is 0.407 e. The third-order valence-electron chi connectivity index (χ3n) is 4.40. The Morgan fingerprint density at radius 3 is 2.32 bits per heavy atom. The number of ether oxygens (including phenoxy) is 2. The van der Waals surface area contributed by atoms with Crippen LogP contribution in [0.15, 0.2) is 48.5 Å². The summed E-state index contributed by atoms with van der Waals surface area (Å²) in [6, 6.07) is 16.2. The number of terminal acetylenes is 1. The molecule has 0 aromatic heterocycles. The molecule has 1 aliphatic rings. The molecule has 1 amide bonds. The number of hydrogen-bond donors (Lipinski definition) is 1. The van der Waals surface area contributed by atoms with Gasteiger partial charge in [-0.15, -0.1) is 12.3 Å². The van der Waals surface area contributed by atoms with Crippen LogP contribution in [0.1, 0.15) is 23.5 Å². The SMILES string of the molecule is C#CCC(COC)NC(=O)OCC1c2ccccc2-c2ccccc21. The van der Waals surface area contributed by atoms with E-state index in [0.29, 0.717) is 13.0 Å². The van der Waals surface area contributed by atoms with Gasteiger partial charge in [0.15, 0.2) is 0 Å². The fraction of sp³-hybridized carbons (Fsp3) is 0.286. The zero-order valence-electron chi connectivity index (χ0n) is 14.2. The third kappa shape index (κ3) is 3.67. The van der Waals surface area contributed by atoms with Gasteiger partial charge in [0, 0.05) is 19.4 Å². The molecule has 4 heteroatoms. The van der Waals surface area contributed by atoms with E-state index in [1.807, 2.05) is 24.3 Å². The lowest BCUT2D eigenvalue weighted by molar-refractivity contribution is 0.124. The van der Waals surface area contributed by atoms with E-state index >= 15 is 0 Å². The second-order valence-electron chi connectivity index (χ2n) is 6.03. The van der Waals surface area contributed by atoms with Crippen molar-refractivity contribution in [3.05, 3.63) is 59.7 Å². The average molecular weight is 335 g/mol. The van der Waals surface area contributed by atoms with Crippen LogP contribution in [0, 0.1) is 12.3 Å². The summed E-state index contributed by atoms with van der Waals surface area (Å²) < 4.78 is 10.6. The standard InChI is InChI=1S/C21H21NO3/c1-3-8-15(13-24-2)22-21(23)25-14-20-18-11-6-4-9-16(18)17-10-5-7-12-19(17)20/h1,4-7,9-12,15,20H,8,13-14H2,2H3,(H,22,23). The predicted octanol–water partition coefficient (Wildman–Crippen LogP) is 3.56. The fourth-order valence-electron chi connectivity index (χ4n) is 3.30. The predicted molar refractivity (Wildman–Crippen MR) is 97.3 cm³/mol. The van der Waals surface area contributed by atoms with Crippen LogP contribution in [0.5, 0.6) is 0 Å². The van der Waals surface area contributed by atoms with Crippen LogP contribution < -0.4 is 5.32 Å². The van der Waals surface area contributed by atoms with Crippen molar-refractivity contribution < 1.29 is 14.3 Å². The summed E-state index contributed by atoms with van der Waals surface area (Å²) in [6.45, 7) is 0.643. The van der Waals surface area contributed by atoms with Gasteiger partial charge in [-0.3, -0.25) is 0 Å². The first kappa shape index (κ1) is 17.1. The quantitative estimate of drug-likeness (QED) is 0.821. The lowest BCUT2D eigenvalue weighted by Crippen LogP contribution is -2.38. The summed E-state index contributed by atoms with van der Waals surface area (Å²) >= 11 is 0. The van der Waals surface area contributed by atoms with Crippen molar-refractivity contribution in [1.29, 1.82) is 0 Å². The second-order valence-corrected chi connectivity index (χ2v) is 6.03. The van der Waals surface area contributed by atoms with E-state index in [2.05, 4.69) is 35.5 Å². The zero-order chi connectivity index (χ0) is 17.6. The lowest BCUT2D eigenvalue weighted by atomic mass is 9.98. The first-order valence-corrected chi connectivity index (χ1v) is 8.28. The normalized spacial score (nSPS) is 13.4. The molecule has 0 fully saturated rings. The number of rotatable bonds is 6. The van der Waals surface area contributed by atoms with Gasteiger partial charge >= 0.3 is 6.09 Å². The van der Waals surface area contributed by atoms with Gasteiger partial charge in [0.2, 0.25) is 0 Å². The van der Waals surface area contributed by atoms with Crippen LogP contribution in [0.2, 0.25) is 0 Å². The summed E-state index contributed by atoms with van der Waals surface area (Å²) in [7, 11) is 1.57. The van der Waals surface area contributed by atoms with Crippen LogP contribution in [0.25, 0.3) is 11.1 Å². The molecule has 2 aromatic rings. The minimum Gasteiger partial charge on any atom is -0.449 e.